The van der Waals surface area contributed by atoms with Crippen molar-refractivity contribution in [2.24, 2.45) is 5.92 Å². The van der Waals surface area contributed by atoms with Gasteiger partial charge in [0.15, 0.2) is 0 Å². The largest absolute Gasteiger partial charge is 0.477 e. The molecule has 23 heavy (non-hydrogen) atoms. The van der Waals surface area contributed by atoms with E-state index in [4.69, 9.17) is 0 Å². The monoisotopic (exact) mass is 316 g/mol. The molecule has 0 radical (unpaired) electrons. The summed E-state index contributed by atoms with van der Waals surface area (Å²) in [4.78, 5) is 26.2. The van der Waals surface area contributed by atoms with E-state index in [1.54, 1.807) is 0 Å². The fourth-order valence-electron chi connectivity index (χ4n) is 2.58. The number of nitrogens with one attached hydrogen (secondary N) is 2. The second-order valence-corrected chi connectivity index (χ2v) is 6.14. The van der Waals surface area contributed by atoms with Gasteiger partial charge in [0.1, 0.15) is 5.69 Å². The predicted molar refractivity (Wildman–Crippen MR) is 90.6 cm³/mol. The van der Waals surface area contributed by atoms with Gasteiger partial charge in [-0.25, -0.2) is 4.79 Å². The number of amides is 1. The predicted octanol–water partition coefficient (Wildman–Crippen LogP) is 3.48. The zero-order chi connectivity index (χ0) is 17.0. The molecule has 5 heteroatoms. The van der Waals surface area contributed by atoms with Gasteiger partial charge in [0.2, 0.25) is 5.91 Å². The summed E-state index contributed by atoms with van der Waals surface area (Å²) < 4.78 is 0. The molecule has 2 aromatic rings. The summed E-state index contributed by atoms with van der Waals surface area (Å²) in [5.74, 6) is -1.23. The zero-order valence-corrected chi connectivity index (χ0v) is 13.9. The maximum absolute atomic E-state index is 11.8. The van der Waals surface area contributed by atoms with E-state index < -0.39 is 5.97 Å². The van der Waals surface area contributed by atoms with Crippen molar-refractivity contribution >= 4 is 22.8 Å². The van der Waals surface area contributed by atoms with E-state index in [1.165, 1.54) is 5.56 Å². The first-order chi connectivity index (χ1) is 10.9. The summed E-state index contributed by atoms with van der Waals surface area (Å²) in [6, 6.07) is 5.97. The molecular formula is C18H24N2O3. The molecule has 0 unspecified atom stereocenters. The number of hydrogen-bond donors (Lipinski definition) is 3. The normalized spacial score (nSPS) is 11.1. The number of carboxylic acid groups (broad SMARTS) is 1. The summed E-state index contributed by atoms with van der Waals surface area (Å²) in [7, 11) is 0. The highest BCUT2D eigenvalue weighted by atomic mass is 16.4. The third-order valence-electron chi connectivity index (χ3n) is 3.97. The first kappa shape index (κ1) is 17.1. The summed E-state index contributed by atoms with van der Waals surface area (Å²) >= 11 is 0. The number of carbonyl (C=O) groups excluding carboxylic acids is 1. The van der Waals surface area contributed by atoms with Crippen molar-refractivity contribution in [3.8, 4) is 0 Å². The van der Waals surface area contributed by atoms with Crippen molar-refractivity contribution in [3.05, 3.63) is 35.0 Å². The minimum Gasteiger partial charge on any atom is -0.477 e. The zero-order valence-electron chi connectivity index (χ0n) is 13.9. The van der Waals surface area contributed by atoms with E-state index in [0.717, 1.165) is 30.2 Å². The SMILES string of the molecule is CCCCc1ccc2[nH]c(C(=O)O)c(CNC(=O)C(C)C)c2c1. The molecule has 124 valence electrons. The lowest BCUT2D eigenvalue weighted by molar-refractivity contribution is -0.124. The number of aromatic nitrogens is 1. The second-order valence-electron chi connectivity index (χ2n) is 6.14. The first-order valence-electron chi connectivity index (χ1n) is 8.08. The molecule has 0 bridgehead atoms. The van der Waals surface area contributed by atoms with E-state index in [2.05, 4.69) is 17.2 Å². The molecule has 0 saturated carbocycles. The molecule has 2 rings (SSSR count). The lowest BCUT2D eigenvalue weighted by atomic mass is 10.0. The molecule has 1 heterocycles. The highest BCUT2D eigenvalue weighted by molar-refractivity contribution is 5.97. The number of benzene rings is 1. The second kappa shape index (κ2) is 7.31. The number of unbranched alkanes of at least 4 members (excludes halogenated alkanes) is 1. The van der Waals surface area contributed by atoms with Crippen LogP contribution in [0.25, 0.3) is 10.9 Å². The van der Waals surface area contributed by atoms with Gasteiger partial charge in [-0.15, -0.1) is 0 Å². The van der Waals surface area contributed by atoms with Crippen LogP contribution in [0.4, 0.5) is 0 Å². The number of carboxylic acids is 1. The minimum absolute atomic E-state index is 0.0853. The van der Waals surface area contributed by atoms with Crippen LogP contribution in [0.2, 0.25) is 0 Å². The smallest absolute Gasteiger partial charge is 0.352 e. The van der Waals surface area contributed by atoms with Gasteiger partial charge in [-0.3, -0.25) is 4.79 Å². The number of aryl methyl sites for hydroxylation is 1. The van der Waals surface area contributed by atoms with Crippen LogP contribution in [0.5, 0.6) is 0 Å². The molecule has 1 aromatic heterocycles. The van der Waals surface area contributed by atoms with Crippen molar-refractivity contribution in [1.82, 2.24) is 10.3 Å². The van der Waals surface area contributed by atoms with Crippen LogP contribution < -0.4 is 5.32 Å². The Morgan fingerprint density at radius 1 is 1.30 bits per heavy atom. The Balaban J connectivity index is 2.38. The van der Waals surface area contributed by atoms with Gasteiger partial charge in [-0.05, 0) is 30.5 Å². The standard InChI is InChI=1S/C18H24N2O3/c1-4-5-6-12-7-8-15-13(9-12)14(16(20-15)18(22)23)10-19-17(21)11(2)3/h7-9,11,20H,4-6,10H2,1-3H3,(H,19,21)(H,22,23). The number of H-pyrrole nitrogens is 1. The number of aromatic amines is 1. The molecule has 0 atom stereocenters. The molecule has 0 aliphatic carbocycles. The van der Waals surface area contributed by atoms with Crippen molar-refractivity contribution in [1.29, 1.82) is 0 Å². The topological polar surface area (TPSA) is 82.2 Å². The maximum Gasteiger partial charge on any atom is 0.352 e. The third kappa shape index (κ3) is 3.92. The lowest BCUT2D eigenvalue weighted by Crippen LogP contribution is -2.27. The average Bonchev–Trinajstić information content (AvgIpc) is 2.88. The van der Waals surface area contributed by atoms with Gasteiger partial charge in [-0.1, -0.05) is 33.3 Å². The van der Waals surface area contributed by atoms with Crippen LogP contribution in [0, 0.1) is 5.92 Å². The molecular weight excluding hydrogens is 292 g/mol. The highest BCUT2D eigenvalue weighted by Gasteiger charge is 2.18. The fraction of sp³-hybridized carbons (Fsp3) is 0.444. The number of aromatic carboxylic acids is 1. The minimum atomic E-state index is -1.01. The molecule has 0 aliphatic heterocycles. The maximum atomic E-state index is 11.8. The van der Waals surface area contributed by atoms with Gasteiger partial charge in [0.25, 0.3) is 0 Å². The van der Waals surface area contributed by atoms with Gasteiger partial charge in [0, 0.05) is 28.9 Å². The highest BCUT2D eigenvalue weighted by Crippen LogP contribution is 2.25. The average molecular weight is 316 g/mol. The Hall–Kier alpha value is -2.30. The van der Waals surface area contributed by atoms with Gasteiger partial charge in [0.05, 0.1) is 0 Å². The van der Waals surface area contributed by atoms with Crippen LogP contribution in [0.15, 0.2) is 18.2 Å². The molecule has 0 fully saturated rings. The van der Waals surface area contributed by atoms with Crippen LogP contribution >= 0.6 is 0 Å². The van der Waals surface area contributed by atoms with Gasteiger partial charge >= 0.3 is 5.97 Å². The van der Waals surface area contributed by atoms with Crippen molar-refractivity contribution in [3.63, 3.8) is 0 Å². The van der Waals surface area contributed by atoms with Gasteiger partial charge < -0.3 is 15.4 Å². The summed E-state index contributed by atoms with van der Waals surface area (Å²) in [6.07, 6.45) is 3.18. The van der Waals surface area contributed by atoms with Crippen LogP contribution in [-0.2, 0) is 17.8 Å². The molecule has 1 amide bonds. The summed E-state index contributed by atoms with van der Waals surface area (Å²) in [6.45, 7) is 5.98. The molecule has 5 nitrogen and oxygen atoms in total. The number of hydrogen-bond acceptors (Lipinski definition) is 2. The number of fused-ring (bicyclic) bond motifs is 1. The Bertz CT molecular complexity index is 716. The van der Waals surface area contributed by atoms with Crippen molar-refractivity contribution in [2.75, 3.05) is 0 Å². The molecule has 1 aromatic carbocycles. The molecule has 3 N–H and O–H groups in total. The van der Waals surface area contributed by atoms with Crippen LogP contribution in [-0.4, -0.2) is 22.0 Å². The van der Waals surface area contributed by atoms with Crippen LogP contribution in [0.3, 0.4) is 0 Å². The van der Waals surface area contributed by atoms with E-state index in [1.807, 2.05) is 32.0 Å². The molecule has 0 spiro atoms. The quantitative estimate of drug-likeness (QED) is 0.731. The van der Waals surface area contributed by atoms with Gasteiger partial charge in [-0.2, -0.15) is 0 Å². The molecule has 0 saturated heterocycles. The summed E-state index contributed by atoms with van der Waals surface area (Å²) in [5.41, 5.74) is 2.76. The van der Waals surface area contributed by atoms with E-state index in [-0.39, 0.29) is 24.1 Å². The third-order valence-corrected chi connectivity index (χ3v) is 3.97. The van der Waals surface area contributed by atoms with E-state index in [0.29, 0.717) is 5.56 Å². The first-order valence-corrected chi connectivity index (χ1v) is 8.08. The summed E-state index contributed by atoms with van der Waals surface area (Å²) in [5, 5.41) is 13.1. The Kier molecular flexibility index (Phi) is 5.42. The Morgan fingerprint density at radius 2 is 2.04 bits per heavy atom. The Morgan fingerprint density at radius 3 is 2.65 bits per heavy atom. The van der Waals surface area contributed by atoms with E-state index in [9.17, 15) is 14.7 Å². The fourth-order valence-corrected chi connectivity index (χ4v) is 2.58. The number of carbonyl (C=O) groups is 2. The van der Waals surface area contributed by atoms with E-state index >= 15 is 0 Å². The van der Waals surface area contributed by atoms with Crippen LogP contribution in [0.1, 0.15) is 55.2 Å². The van der Waals surface area contributed by atoms with Crippen molar-refractivity contribution in [2.45, 2.75) is 46.6 Å². The Labute approximate surface area is 136 Å². The number of rotatable bonds is 7. The molecule has 0 aliphatic rings. The van der Waals surface area contributed by atoms with Crippen molar-refractivity contribution < 1.29 is 14.7 Å². The lowest BCUT2D eigenvalue weighted by Gasteiger charge is -2.08.